The second-order valence-corrected chi connectivity index (χ2v) is 6.71. The van der Waals surface area contributed by atoms with Gasteiger partial charge < -0.3 is 10.4 Å². The number of amides is 1. The van der Waals surface area contributed by atoms with E-state index >= 15 is 0 Å². The number of nitrogens with zero attached hydrogens (tertiary/aromatic N) is 2. The smallest absolute Gasteiger partial charge is 0.251 e. The Hall–Kier alpha value is -2.14. The minimum absolute atomic E-state index is 0.101. The van der Waals surface area contributed by atoms with Gasteiger partial charge in [-0.25, -0.2) is 4.68 Å². The number of nitrogens with one attached hydrogen (secondary N) is 1. The fourth-order valence-electron chi connectivity index (χ4n) is 2.46. The first-order chi connectivity index (χ1) is 10.8. The van der Waals surface area contributed by atoms with Gasteiger partial charge in [-0.05, 0) is 56.0 Å². The fourth-order valence-corrected chi connectivity index (χ4v) is 2.46. The minimum atomic E-state index is -0.117. The highest BCUT2D eigenvalue weighted by atomic mass is 16.3. The number of aliphatic hydroxyl groups is 1. The Morgan fingerprint density at radius 3 is 2.43 bits per heavy atom. The highest BCUT2D eigenvalue weighted by Crippen LogP contribution is 2.18. The van der Waals surface area contributed by atoms with Crippen molar-refractivity contribution in [3.05, 3.63) is 47.3 Å². The third kappa shape index (κ3) is 4.42. The number of rotatable bonds is 6. The maximum Gasteiger partial charge on any atom is 0.251 e. The van der Waals surface area contributed by atoms with Gasteiger partial charge in [-0.3, -0.25) is 4.79 Å². The first-order valence-electron chi connectivity index (χ1n) is 7.85. The molecule has 5 nitrogen and oxygen atoms in total. The molecule has 124 valence electrons. The Kier molecular flexibility index (Phi) is 5.21. The van der Waals surface area contributed by atoms with Crippen molar-refractivity contribution in [2.45, 2.75) is 34.1 Å². The van der Waals surface area contributed by atoms with Crippen molar-refractivity contribution >= 4 is 5.91 Å². The number of benzene rings is 1. The van der Waals surface area contributed by atoms with Gasteiger partial charge in [0.05, 0.1) is 11.4 Å². The van der Waals surface area contributed by atoms with Crippen molar-refractivity contribution in [2.75, 3.05) is 13.2 Å². The van der Waals surface area contributed by atoms with Crippen molar-refractivity contribution in [3.63, 3.8) is 0 Å². The molecule has 0 aliphatic rings. The lowest BCUT2D eigenvalue weighted by Crippen LogP contribution is -2.34. The highest BCUT2D eigenvalue weighted by molar-refractivity contribution is 5.94. The molecule has 0 aliphatic heterocycles. The van der Waals surface area contributed by atoms with E-state index in [0.717, 1.165) is 17.1 Å². The molecule has 0 aliphatic carbocycles. The quantitative estimate of drug-likeness (QED) is 0.861. The van der Waals surface area contributed by atoms with Crippen LogP contribution in [0.1, 0.15) is 42.0 Å². The van der Waals surface area contributed by atoms with Gasteiger partial charge in [0, 0.05) is 24.4 Å². The van der Waals surface area contributed by atoms with Crippen molar-refractivity contribution < 1.29 is 9.90 Å². The first-order valence-corrected chi connectivity index (χ1v) is 7.85. The molecular formula is C18H25N3O2. The lowest BCUT2D eigenvalue weighted by Gasteiger charge is -2.23. The molecule has 0 saturated carbocycles. The summed E-state index contributed by atoms with van der Waals surface area (Å²) in [7, 11) is 0. The predicted molar refractivity (Wildman–Crippen MR) is 90.9 cm³/mol. The molecule has 0 fully saturated rings. The Bertz CT molecular complexity index is 672. The highest BCUT2D eigenvalue weighted by Gasteiger charge is 2.18. The van der Waals surface area contributed by atoms with Crippen molar-refractivity contribution in [3.8, 4) is 5.69 Å². The normalized spacial score (nSPS) is 11.5. The zero-order valence-electron chi connectivity index (χ0n) is 14.3. The SMILES string of the molecule is Cc1cc(C)n(-c2ccc(C(=O)NCC(C)(C)CCO)cc2)n1. The summed E-state index contributed by atoms with van der Waals surface area (Å²) >= 11 is 0. The first kappa shape index (κ1) is 17.2. The third-order valence-corrected chi connectivity index (χ3v) is 3.90. The molecule has 2 aromatic rings. The van der Waals surface area contributed by atoms with E-state index < -0.39 is 0 Å². The van der Waals surface area contributed by atoms with Crippen LogP contribution < -0.4 is 5.32 Å². The topological polar surface area (TPSA) is 67.2 Å². The van der Waals surface area contributed by atoms with E-state index in [1.165, 1.54) is 0 Å². The number of aryl methyl sites for hydroxylation is 2. The standard InChI is InChI=1S/C18H25N3O2/c1-13-11-14(2)21(20-13)16-7-5-15(6-8-16)17(23)19-12-18(3,4)9-10-22/h5-8,11,22H,9-10,12H2,1-4H3,(H,19,23). The van der Waals surface area contributed by atoms with Gasteiger partial charge in [-0.2, -0.15) is 5.10 Å². The Labute approximate surface area is 137 Å². The number of carbonyl (C=O) groups is 1. The summed E-state index contributed by atoms with van der Waals surface area (Å²) in [4.78, 5) is 12.2. The van der Waals surface area contributed by atoms with Crippen molar-refractivity contribution in [1.82, 2.24) is 15.1 Å². The van der Waals surface area contributed by atoms with Crippen LogP contribution in [0.25, 0.3) is 5.69 Å². The number of carbonyl (C=O) groups excluding carboxylic acids is 1. The molecule has 1 aromatic carbocycles. The zero-order chi connectivity index (χ0) is 17.0. The lowest BCUT2D eigenvalue weighted by atomic mass is 9.89. The third-order valence-electron chi connectivity index (χ3n) is 3.90. The van der Waals surface area contributed by atoms with Gasteiger partial charge in [0.1, 0.15) is 0 Å². The number of aromatic nitrogens is 2. The summed E-state index contributed by atoms with van der Waals surface area (Å²) in [5, 5.41) is 16.4. The molecule has 5 heteroatoms. The van der Waals surface area contributed by atoms with Crippen LogP contribution in [0.3, 0.4) is 0 Å². The van der Waals surface area contributed by atoms with E-state index in [-0.39, 0.29) is 17.9 Å². The molecule has 0 bridgehead atoms. The van der Waals surface area contributed by atoms with Crippen molar-refractivity contribution in [1.29, 1.82) is 0 Å². The molecule has 2 N–H and O–H groups in total. The molecule has 0 saturated heterocycles. The molecule has 0 unspecified atom stereocenters. The van der Waals surface area contributed by atoms with Gasteiger partial charge >= 0.3 is 0 Å². The minimum Gasteiger partial charge on any atom is -0.396 e. The van der Waals surface area contributed by atoms with E-state index in [4.69, 9.17) is 5.11 Å². The Morgan fingerprint density at radius 1 is 1.26 bits per heavy atom. The largest absolute Gasteiger partial charge is 0.396 e. The molecule has 1 aromatic heterocycles. The summed E-state index contributed by atoms with van der Waals surface area (Å²) in [6.45, 7) is 8.67. The molecule has 1 amide bonds. The Morgan fingerprint density at radius 2 is 1.91 bits per heavy atom. The summed E-state index contributed by atoms with van der Waals surface area (Å²) in [6, 6.07) is 9.42. The van der Waals surface area contributed by atoms with Gasteiger partial charge in [0.25, 0.3) is 5.91 Å². The van der Waals surface area contributed by atoms with Gasteiger partial charge in [-0.15, -0.1) is 0 Å². The molecule has 0 atom stereocenters. The predicted octanol–water partition coefficient (Wildman–Crippen LogP) is 2.63. The van der Waals surface area contributed by atoms with Crippen LogP contribution >= 0.6 is 0 Å². The number of hydrogen-bond donors (Lipinski definition) is 2. The monoisotopic (exact) mass is 315 g/mol. The summed E-state index contributed by atoms with van der Waals surface area (Å²) < 4.78 is 1.86. The lowest BCUT2D eigenvalue weighted by molar-refractivity contribution is 0.0928. The number of aliphatic hydroxyl groups excluding tert-OH is 1. The second-order valence-electron chi connectivity index (χ2n) is 6.71. The molecule has 1 heterocycles. The molecule has 0 spiro atoms. The van der Waals surface area contributed by atoms with E-state index in [2.05, 4.69) is 10.4 Å². The van der Waals surface area contributed by atoms with Crippen molar-refractivity contribution in [2.24, 2.45) is 5.41 Å². The van der Waals surface area contributed by atoms with Crippen LogP contribution in [-0.2, 0) is 0 Å². The van der Waals surface area contributed by atoms with Crippen LogP contribution in [0.5, 0.6) is 0 Å². The van der Waals surface area contributed by atoms with Crippen LogP contribution in [-0.4, -0.2) is 33.9 Å². The van der Waals surface area contributed by atoms with Crippen LogP contribution in [0.15, 0.2) is 30.3 Å². The molecule has 23 heavy (non-hydrogen) atoms. The average Bonchev–Trinajstić information content (AvgIpc) is 2.84. The van der Waals surface area contributed by atoms with E-state index in [0.29, 0.717) is 18.5 Å². The second kappa shape index (κ2) is 6.96. The summed E-state index contributed by atoms with van der Waals surface area (Å²) in [5.41, 5.74) is 3.47. The van der Waals surface area contributed by atoms with Crippen LogP contribution in [0.4, 0.5) is 0 Å². The fraction of sp³-hybridized carbons (Fsp3) is 0.444. The van der Waals surface area contributed by atoms with Gasteiger partial charge in [0.15, 0.2) is 0 Å². The molecule has 0 radical (unpaired) electrons. The molecule has 2 rings (SSSR count). The summed E-state index contributed by atoms with van der Waals surface area (Å²) in [6.07, 6.45) is 0.657. The Balaban J connectivity index is 2.04. The number of hydrogen-bond acceptors (Lipinski definition) is 3. The van der Waals surface area contributed by atoms with Crippen LogP contribution in [0, 0.1) is 19.3 Å². The zero-order valence-corrected chi connectivity index (χ0v) is 14.3. The molecular weight excluding hydrogens is 290 g/mol. The van der Waals surface area contributed by atoms with Gasteiger partial charge in [0.2, 0.25) is 0 Å². The maximum absolute atomic E-state index is 12.2. The van der Waals surface area contributed by atoms with Crippen LogP contribution in [0.2, 0.25) is 0 Å². The summed E-state index contributed by atoms with van der Waals surface area (Å²) in [5.74, 6) is -0.101. The van der Waals surface area contributed by atoms with E-state index in [9.17, 15) is 4.79 Å². The average molecular weight is 315 g/mol. The maximum atomic E-state index is 12.2. The van der Waals surface area contributed by atoms with E-state index in [1.807, 2.05) is 50.6 Å². The van der Waals surface area contributed by atoms with Gasteiger partial charge in [-0.1, -0.05) is 13.8 Å². The van der Waals surface area contributed by atoms with E-state index in [1.54, 1.807) is 12.1 Å².